The van der Waals surface area contributed by atoms with Gasteiger partial charge in [-0.3, -0.25) is 4.79 Å². The lowest BCUT2D eigenvalue weighted by Crippen LogP contribution is -2.43. The van der Waals surface area contributed by atoms with Crippen molar-refractivity contribution in [3.63, 3.8) is 0 Å². The number of nitrogens with zero attached hydrogens (tertiary/aromatic N) is 1. The topological polar surface area (TPSA) is 102 Å². The Hall–Kier alpha value is -2.30. The number of aryl methyl sites for hydroxylation is 1. The quantitative estimate of drug-likeness (QED) is 0.398. The zero-order valence-corrected chi connectivity index (χ0v) is 21.6. The van der Waals surface area contributed by atoms with Crippen molar-refractivity contribution in [3.05, 3.63) is 65.7 Å². The minimum absolute atomic E-state index is 0.121. The summed E-state index contributed by atoms with van der Waals surface area (Å²) in [6, 6.07) is 13.0. The van der Waals surface area contributed by atoms with Crippen LogP contribution in [-0.4, -0.2) is 68.5 Å². The van der Waals surface area contributed by atoms with Crippen molar-refractivity contribution in [2.24, 2.45) is 17.7 Å². The van der Waals surface area contributed by atoms with E-state index in [9.17, 15) is 18.3 Å². The normalized spacial score (nSPS) is 32.2. The molecular weight excluding hydrogens is 506 g/mol. The molecule has 2 saturated heterocycles. The summed E-state index contributed by atoms with van der Waals surface area (Å²) >= 11 is 0. The van der Waals surface area contributed by atoms with Crippen LogP contribution in [0.5, 0.6) is 0 Å². The summed E-state index contributed by atoms with van der Waals surface area (Å²) < 4.78 is 142. The Balaban J connectivity index is 1.77. The Bertz CT molecular complexity index is 1610. The average Bonchev–Trinajstić information content (AvgIpc) is 3.52. The van der Waals surface area contributed by atoms with E-state index in [1.54, 1.807) is 37.3 Å². The van der Waals surface area contributed by atoms with Crippen molar-refractivity contribution >= 4 is 16.0 Å². The molecule has 0 bridgehead atoms. The van der Waals surface area contributed by atoms with Crippen molar-refractivity contribution in [2.75, 3.05) is 26.2 Å². The fourth-order valence-electron chi connectivity index (χ4n) is 4.35. The van der Waals surface area contributed by atoms with Crippen molar-refractivity contribution in [2.45, 2.75) is 63.3 Å². The molecule has 5 atom stereocenters. The molecule has 0 saturated carbocycles. The van der Waals surface area contributed by atoms with Crippen LogP contribution in [0.1, 0.15) is 54.1 Å². The van der Waals surface area contributed by atoms with Crippen LogP contribution >= 0.6 is 0 Å². The fraction of sp³-hybridized carbons (Fsp3) is 0.552. The molecule has 2 aliphatic rings. The van der Waals surface area contributed by atoms with Crippen LogP contribution in [0.4, 0.5) is 0 Å². The van der Waals surface area contributed by atoms with Crippen LogP contribution in [0.3, 0.4) is 0 Å². The molecule has 38 heavy (non-hydrogen) atoms. The summed E-state index contributed by atoms with van der Waals surface area (Å²) in [4.78, 5) is 12.8. The first kappa shape index (κ1) is 16.7. The van der Waals surface area contributed by atoms with Crippen molar-refractivity contribution < 1.29 is 49.0 Å². The van der Waals surface area contributed by atoms with E-state index in [2.05, 4.69) is 0 Å². The van der Waals surface area contributed by atoms with Gasteiger partial charge >= 0.3 is 5.97 Å². The van der Waals surface area contributed by atoms with Crippen LogP contribution in [0.2, 0.25) is 0 Å². The minimum atomic E-state index is -5.21. The summed E-state index contributed by atoms with van der Waals surface area (Å²) in [7, 11) is -5.21. The van der Waals surface area contributed by atoms with Gasteiger partial charge in [-0.1, -0.05) is 61.7 Å². The first-order valence-corrected chi connectivity index (χ1v) is 13.6. The molecule has 0 spiro atoms. The van der Waals surface area contributed by atoms with Gasteiger partial charge in [0.05, 0.1) is 40.6 Å². The average molecular weight is 558 g/mol. The predicted molar refractivity (Wildman–Crippen MR) is 143 cm³/mol. The molecule has 0 unspecified atom stereocenters. The monoisotopic (exact) mass is 557 g/mol. The van der Waals surface area contributed by atoms with Crippen LogP contribution < -0.4 is 0 Å². The number of sulfonamides is 1. The number of rotatable bonds is 12. The maximum Gasteiger partial charge on any atom is 0.306 e. The highest BCUT2D eigenvalue weighted by molar-refractivity contribution is 7.89. The van der Waals surface area contributed by atoms with Gasteiger partial charge in [0.15, 0.2) is 6.29 Å². The summed E-state index contributed by atoms with van der Waals surface area (Å²) in [5.41, 5.74) is 1.10. The number of carbonyl (C=O) groups excluding carboxylic acids is 1. The second-order valence-corrected chi connectivity index (χ2v) is 11.1. The SMILES string of the molecule is [2H]C([2H])([2H])C([2H])(C([2H])([2H])[2H])C([2H])([2H])N(C[C@@H](O)[C@@H](CC(=O)O[C@]1([2H])[C@@H]2CCO[C@@H]2OC1([2H])[2H])Cc1ccccc1)S(=O)(=O)c1ccc(C)cc1. The van der Waals surface area contributed by atoms with Gasteiger partial charge in [0.2, 0.25) is 10.0 Å². The molecule has 1 N–H and O–H groups in total. The number of ether oxygens (including phenoxy) is 3. The van der Waals surface area contributed by atoms with Gasteiger partial charge in [0, 0.05) is 31.3 Å². The van der Waals surface area contributed by atoms with E-state index < -0.39 is 96.8 Å². The van der Waals surface area contributed by atoms with E-state index in [4.69, 9.17) is 30.7 Å². The molecule has 2 aromatic carbocycles. The molecule has 2 aliphatic heterocycles. The minimum Gasteiger partial charge on any atom is -0.459 e. The number of aliphatic hydroxyl groups is 1. The van der Waals surface area contributed by atoms with Crippen LogP contribution in [0.15, 0.2) is 59.5 Å². The molecule has 0 aromatic heterocycles. The van der Waals surface area contributed by atoms with E-state index >= 15 is 0 Å². The Morgan fingerprint density at radius 2 is 2.00 bits per heavy atom. The van der Waals surface area contributed by atoms with Gasteiger partial charge in [-0.05, 0) is 43.4 Å². The number of aliphatic hydroxyl groups excluding tert-OH is 1. The summed E-state index contributed by atoms with van der Waals surface area (Å²) in [6.07, 6.45) is -6.58. The lowest BCUT2D eigenvalue weighted by molar-refractivity contribution is -0.153. The van der Waals surface area contributed by atoms with Crippen molar-refractivity contribution in [3.8, 4) is 0 Å². The molecule has 2 aromatic rings. The largest absolute Gasteiger partial charge is 0.459 e. The third-order valence-corrected chi connectivity index (χ3v) is 8.08. The highest BCUT2D eigenvalue weighted by Crippen LogP contribution is 2.33. The Morgan fingerprint density at radius 1 is 1.26 bits per heavy atom. The predicted octanol–water partition coefficient (Wildman–Crippen LogP) is 3.56. The molecule has 0 radical (unpaired) electrons. The van der Waals surface area contributed by atoms with E-state index in [0.29, 0.717) is 11.1 Å². The Morgan fingerprint density at radius 3 is 2.71 bits per heavy atom. The molecule has 2 fully saturated rings. The Kier molecular flexibility index (Phi) is 5.59. The maximum absolute atomic E-state index is 14.1. The number of benzene rings is 2. The van der Waals surface area contributed by atoms with Gasteiger partial charge in [-0.2, -0.15) is 4.31 Å². The summed E-state index contributed by atoms with van der Waals surface area (Å²) in [6.45, 7) is -14.2. The third-order valence-electron chi connectivity index (χ3n) is 6.39. The van der Waals surface area contributed by atoms with Gasteiger partial charge in [0.1, 0.15) is 6.08 Å². The number of hydrogen-bond donors (Lipinski definition) is 1. The number of hydrogen-bond acceptors (Lipinski definition) is 7. The summed E-state index contributed by atoms with van der Waals surface area (Å²) in [5.74, 6) is -7.63. The zero-order valence-electron chi connectivity index (χ0n) is 32.8. The maximum atomic E-state index is 14.1. The molecule has 0 amide bonds. The first-order chi connectivity index (χ1) is 22.8. The van der Waals surface area contributed by atoms with E-state index in [1.165, 1.54) is 12.1 Å². The van der Waals surface area contributed by atoms with Gasteiger partial charge in [-0.25, -0.2) is 8.42 Å². The van der Waals surface area contributed by atoms with Gasteiger partial charge in [-0.15, -0.1) is 0 Å². The highest BCUT2D eigenvalue weighted by Gasteiger charge is 2.44. The summed E-state index contributed by atoms with van der Waals surface area (Å²) in [5, 5.41) is 11.7. The van der Waals surface area contributed by atoms with Crippen LogP contribution in [-0.2, 0) is 35.4 Å². The fourth-order valence-corrected chi connectivity index (χ4v) is 5.64. The molecular formula is C29H39NO7S. The lowest BCUT2D eigenvalue weighted by Gasteiger charge is -2.30. The van der Waals surface area contributed by atoms with E-state index in [-0.39, 0.29) is 23.8 Å². The van der Waals surface area contributed by atoms with Crippen molar-refractivity contribution in [1.82, 2.24) is 4.31 Å². The number of esters is 1. The second-order valence-electron chi connectivity index (χ2n) is 9.25. The zero-order chi connectivity index (χ0) is 37.7. The molecule has 0 aliphatic carbocycles. The molecule has 9 heteroatoms. The standard InChI is InChI=1S/C29H39NO7S/c1-20(2)17-30(38(33,34)24-11-9-21(3)10-12-24)18-26(31)23(15-22-7-5-4-6-8-22)16-28(32)37-27-19-36-29-25(27)13-14-35-29/h4-12,20,23,25-27,29,31H,13-19H2,1-3H3/t23-,25+,26-,27+,29-/m1/s1/i1D3,2D3,17D2,19D2,20D,27D. The Labute approximate surface area is 242 Å². The van der Waals surface area contributed by atoms with Gasteiger partial charge in [0.25, 0.3) is 0 Å². The van der Waals surface area contributed by atoms with Crippen molar-refractivity contribution in [1.29, 1.82) is 0 Å². The van der Waals surface area contributed by atoms with E-state index in [0.717, 1.165) is 12.1 Å². The third kappa shape index (κ3) is 7.21. The lowest BCUT2D eigenvalue weighted by atomic mass is 9.90. The molecule has 208 valence electrons. The van der Waals surface area contributed by atoms with Gasteiger partial charge < -0.3 is 19.3 Å². The molecule has 2 heterocycles. The second kappa shape index (κ2) is 12.7. The highest BCUT2D eigenvalue weighted by atomic mass is 32.2. The van der Waals surface area contributed by atoms with E-state index in [1.807, 2.05) is 0 Å². The number of carbonyl (C=O) groups is 1. The smallest absolute Gasteiger partial charge is 0.306 e. The van der Waals surface area contributed by atoms with Crippen LogP contribution in [0.25, 0.3) is 0 Å². The first-order valence-electron chi connectivity index (χ1n) is 18.1. The molecule has 8 nitrogen and oxygen atoms in total. The molecule has 4 rings (SSSR count). The number of fused-ring (bicyclic) bond motifs is 1. The van der Waals surface area contributed by atoms with Crippen LogP contribution in [0, 0.1) is 24.7 Å².